The number of aryl methyl sites for hydroxylation is 2. The van der Waals surface area contributed by atoms with Crippen LogP contribution in [0.3, 0.4) is 0 Å². The minimum Gasteiger partial charge on any atom is -0.347 e. The molecule has 5 rings (SSSR count). The third kappa shape index (κ3) is 3.82. The van der Waals surface area contributed by atoms with E-state index in [-0.39, 0.29) is 0 Å². The Kier molecular flexibility index (Phi) is 5.11. The van der Waals surface area contributed by atoms with Gasteiger partial charge >= 0.3 is 0 Å². The number of unbranched alkanes of at least 4 members (excludes halogenated alkanes) is 1. The molecule has 2 aromatic heterocycles. The molecule has 4 nitrogen and oxygen atoms in total. The van der Waals surface area contributed by atoms with Gasteiger partial charge in [-0.2, -0.15) is 0 Å². The number of aromatic nitrogens is 3. The molecule has 1 aliphatic heterocycles. The summed E-state index contributed by atoms with van der Waals surface area (Å²) in [5.74, 6) is 1.88. The van der Waals surface area contributed by atoms with Crippen LogP contribution in [0.5, 0.6) is 0 Å². The van der Waals surface area contributed by atoms with Crippen molar-refractivity contribution in [1.29, 1.82) is 0 Å². The lowest BCUT2D eigenvalue weighted by atomic mass is 9.92. The first-order chi connectivity index (χ1) is 14.3. The number of fused-ring (bicyclic) bond motifs is 2. The number of rotatable bonds is 6. The molecule has 3 heterocycles. The quantitative estimate of drug-likeness (QED) is 0.420. The summed E-state index contributed by atoms with van der Waals surface area (Å²) in [6.07, 6.45) is 8.90. The molecule has 0 aliphatic carbocycles. The van der Waals surface area contributed by atoms with Crippen molar-refractivity contribution in [1.82, 2.24) is 19.9 Å². The Balaban J connectivity index is 1.32. The lowest BCUT2D eigenvalue weighted by Crippen LogP contribution is -2.27. The second-order valence-corrected chi connectivity index (χ2v) is 8.53. The van der Waals surface area contributed by atoms with E-state index in [0.29, 0.717) is 0 Å². The Bertz CT molecular complexity index is 1110. The van der Waals surface area contributed by atoms with Gasteiger partial charge in [-0.3, -0.25) is 0 Å². The van der Waals surface area contributed by atoms with Crippen molar-refractivity contribution in [3.63, 3.8) is 0 Å². The first kappa shape index (κ1) is 18.4. The first-order valence-electron chi connectivity index (χ1n) is 11.0. The van der Waals surface area contributed by atoms with Crippen LogP contribution in [-0.4, -0.2) is 27.6 Å². The van der Waals surface area contributed by atoms with Crippen LogP contribution in [0.1, 0.15) is 37.7 Å². The average Bonchev–Trinajstić information content (AvgIpc) is 3.37. The number of piperidine rings is 1. The Hall–Kier alpha value is -2.59. The van der Waals surface area contributed by atoms with E-state index in [1.165, 1.54) is 61.7 Å². The number of nitrogens with one attached hydrogen (secondary N) is 2. The van der Waals surface area contributed by atoms with Crippen LogP contribution in [-0.2, 0) is 6.54 Å². The molecule has 1 fully saturated rings. The summed E-state index contributed by atoms with van der Waals surface area (Å²) < 4.78 is 2.41. The summed E-state index contributed by atoms with van der Waals surface area (Å²) >= 11 is 0. The second-order valence-electron chi connectivity index (χ2n) is 8.53. The minimum atomic E-state index is 0.931. The van der Waals surface area contributed by atoms with E-state index in [4.69, 9.17) is 4.98 Å². The molecule has 29 heavy (non-hydrogen) atoms. The fourth-order valence-electron chi connectivity index (χ4n) is 4.72. The molecule has 4 heteroatoms. The van der Waals surface area contributed by atoms with E-state index < -0.39 is 0 Å². The van der Waals surface area contributed by atoms with Gasteiger partial charge in [0.1, 0.15) is 5.82 Å². The Labute approximate surface area is 172 Å². The predicted molar refractivity (Wildman–Crippen MR) is 121 cm³/mol. The maximum Gasteiger partial charge on any atom is 0.138 e. The van der Waals surface area contributed by atoms with Crippen LogP contribution in [0.4, 0.5) is 0 Å². The topological polar surface area (TPSA) is 45.6 Å². The van der Waals surface area contributed by atoms with Gasteiger partial charge in [-0.15, -0.1) is 0 Å². The maximum atomic E-state index is 4.86. The number of para-hydroxylation sites is 1. The first-order valence-corrected chi connectivity index (χ1v) is 11.0. The number of H-pyrrole nitrogens is 1. The largest absolute Gasteiger partial charge is 0.347 e. The van der Waals surface area contributed by atoms with Crippen molar-refractivity contribution in [2.45, 2.75) is 45.6 Å². The van der Waals surface area contributed by atoms with Gasteiger partial charge in [0.2, 0.25) is 0 Å². The normalized spacial score (nSPS) is 15.5. The fourth-order valence-corrected chi connectivity index (χ4v) is 4.72. The molecule has 2 N–H and O–H groups in total. The summed E-state index contributed by atoms with van der Waals surface area (Å²) in [6, 6.07) is 15.2. The highest BCUT2D eigenvalue weighted by atomic mass is 15.0. The van der Waals surface area contributed by atoms with E-state index in [9.17, 15) is 0 Å². The fraction of sp³-hybridized carbons (Fsp3) is 0.400. The molecule has 1 aliphatic rings. The van der Waals surface area contributed by atoms with Crippen LogP contribution < -0.4 is 5.32 Å². The lowest BCUT2D eigenvalue weighted by Gasteiger charge is -2.22. The molecule has 0 bridgehead atoms. The van der Waals surface area contributed by atoms with Gasteiger partial charge in [0.25, 0.3) is 0 Å². The number of hydrogen-bond donors (Lipinski definition) is 2. The molecular weight excluding hydrogens is 356 g/mol. The summed E-state index contributed by atoms with van der Waals surface area (Å²) in [4.78, 5) is 8.35. The van der Waals surface area contributed by atoms with Gasteiger partial charge in [0.15, 0.2) is 0 Å². The summed E-state index contributed by atoms with van der Waals surface area (Å²) in [5, 5.41) is 4.77. The molecule has 2 aromatic carbocycles. The van der Waals surface area contributed by atoms with E-state index in [1.54, 1.807) is 0 Å². The van der Waals surface area contributed by atoms with Crippen LogP contribution in [0.25, 0.3) is 33.3 Å². The smallest absolute Gasteiger partial charge is 0.138 e. The van der Waals surface area contributed by atoms with E-state index in [1.807, 2.05) is 0 Å². The number of imidazole rings is 1. The van der Waals surface area contributed by atoms with Crippen molar-refractivity contribution < 1.29 is 0 Å². The van der Waals surface area contributed by atoms with Crippen LogP contribution in [0, 0.1) is 12.8 Å². The summed E-state index contributed by atoms with van der Waals surface area (Å²) in [5.41, 5.74) is 5.84. The van der Waals surface area contributed by atoms with Crippen molar-refractivity contribution in [2.24, 2.45) is 5.92 Å². The molecule has 0 saturated carbocycles. The van der Waals surface area contributed by atoms with Gasteiger partial charge in [-0.1, -0.05) is 37.1 Å². The monoisotopic (exact) mass is 386 g/mol. The van der Waals surface area contributed by atoms with Crippen molar-refractivity contribution in [3.05, 3.63) is 54.2 Å². The number of nitrogens with zero attached hydrogens (tertiary/aromatic N) is 2. The van der Waals surface area contributed by atoms with Crippen molar-refractivity contribution >= 4 is 21.9 Å². The predicted octanol–water partition coefficient (Wildman–Crippen LogP) is 5.66. The molecular formula is C25H30N4. The Morgan fingerprint density at radius 3 is 2.83 bits per heavy atom. The summed E-state index contributed by atoms with van der Waals surface area (Å²) in [6.45, 7) is 5.62. The highest BCUT2D eigenvalue weighted by Crippen LogP contribution is 2.27. The zero-order chi connectivity index (χ0) is 19.6. The van der Waals surface area contributed by atoms with Crippen molar-refractivity contribution in [3.8, 4) is 11.4 Å². The molecule has 0 spiro atoms. The van der Waals surface area contributed by atoms with E-state index in [0.717, 1.165) is 34.9 Å². The number of aromatic amines is 1. The van der Waals surface area contributed by atoms with Gasteiger partial charge in [-0.05, 0) is 74.3 Å². The molecule has 4 aromatic rings. The van der Waals surface area contributed by atoms with Gasteiger partial charge in [0.05, 0.1) is 11.0 Å². The third-order valence-corrected chi connectivity index (χ3v) is 6.48. The van der Waals surface area contributed by atoms with Gasteiger partial charge in [0, 0.05) is 23.8 Å². The molecule has 0 amide bonds. The standard InChI is InChI=1S/C25H30N4/c1-18-5-4-7-22-24(18)28-25(27-22)21-9-8-20-12-16-29(23(20)17-21)15-3-2-6-19-10-13-26-14-11-19/h4-5,7-9,12,16-17,19,26H,2-3,6,10-11,13-15H2,1H3,(H,27,28). The van der Waals surface area contributed by atoms with Crippen LogP contribution in [0.15, 0.2) is 48.7 Å². The molecule has 1 saturated heterocycles. The zero-order valence-electron chi connectivity index (χ0n) is 17.2. The second kappa shape index (κ2) is 8.03. The third-order valence-electron chi connectivity index (χ3n) is 6.48. The highest BCUT2D eigenvalue weighted by Gasteiger charge is 2.13. The van der Waals surface area contributed by atoms with Crippen LogP contribution in [0.2, 0.25) is 0 Å². The van der Waals surface area contributed by atoms with Crippen LogP contribution >= 0.6 is 0 Å². The lowest BCUT2D eigenvalue weighted by molar-refractivity contribution is 0.341. The number of benzene rings is 2. The van der Waals surface area contributed by atoms with E-state index >= 15 is 0 Å². The summed E-state index contributed by atoms with van der Waals surface area (Å²) in [7, 11) is 0. The molecule has 150 valence electrons. The molecule has 0 radical (unpaired) electrons. The minimum absolute atomic E-state index is 0.931. The van der Waals surface area contributed by atoms with Gasteiger partial charge < -0.3 is 14.9 Å². The molecule has 0 unspecified atom stereocenters. The zero-order valence-corrected chi connectivity index (χ0v) is 17.2. The Morgan fingerprint density at radius 2 is 1.97 bits per heavy atom. The highest BCUT2D eigenvalue weighted by molar-refractivity contribution is 5.87. The SMILES string of the molecule is Cc1cccc2[nH]c(-c3ccc4ccn(CCCCC5CCNCC5)c4c3)nc12. The van der Waals surface area contributed by atoms with Gasteiger partial charge in [-0.25, -0.2) is 4.98 Å². The average molecular weight is 387 g/mol. The maximum absolute atomic E-state index is 4.86. The number of hydrogen-bond acceptors (Lipinski definition) is 2. The Morgan fingerprint density at radius 1 is 1.07 bits per heavy atom. The van der Waals surface area contributed by atoms with Crippen molar-refractivity contribution in [2.75, 3.05) is 13.1 Å². The molecule has 0 atom stereocenters. The van der Waals surface area contributed by atoms with E-state index in [2.05, 4.69) is 70.5 Å².